The van der Waals surface area contributed by atoms with Crippen LogP contribution in [0, 0.1) is 11.6 Å². The molecule has 1 fully saturated rings. The number of benzene rings is 2. The second kappa shape index (κ2) is 10.7. The number of rotatable bonds is 7. The van der Waals surface area contributed by atoms with Gasteiger partial charge < -0.3 is 15.5 Å². The molecule has 1 heterocycles. The summed E-state index contributed by atoms with van der Waals surface area (Å²) in [6.07, 6.45) is 3.63. The topological polar surface area (TPSA) is 78.5 Å². The highest BCUT2D eigenvalue weighted by Crippen LogP contribution is 2.17. The zero-order valence-corrected chi connectivity index (χ0v) is 17.1. The smallest absolute Gasteiger partial charge is 0.254 e. The lowest BCUT2D eigenvalue weighted by molar-refractivity contribution is -0.116. The molecular weight excluding hydrogens is 404 g/mol. The van der Waals surface area contributed by atoms with E-state index < -0.39 is 17.5 Å². The molecular formula is C23H25F2N3O3. The van der Waals surface area contributed by atoms with Crippen LogP contribution in [0.2, 0.25) is 0 Å². The summed E-state index contributed by atoms with van der Waals surface area (Å²) in [5.74, 6) is -2.65. The molecule has 0 atom stereocenters. The van der Waals surface area contributed by atoms with Gasteiger partial charge in [0.05, 0.1) is 5.56 Å². The number of hydrogen-bond acceptors (Lipinski definition) is 3. The predicted molar refractivity (Wildman–Crippen MR) is 113 cm³/mol. The Labute approximate surface area is 179 Å². The van der Waals surface area contributed by atoms with E-state index in [4.69, 9.17) is 0 Å². The van der Waals surface area contributed by atoms with E-state index in [-0.39, 0.29) is 30.3 Å². The van der Waals surface area contributed by atoms with Crippen molar-refractivity contribution in [2.75, 3.05) is 25.0 Å². The highest BCUT2D eigenvalue weighted by molar-refractivity contribution is 5.97. The molecule has 0 saturated carbocycles. The Balaban J connectivity index is 1.44. The third-order valence-corrected chi connectivity index (χ3v) is 5.08. The first-order valence-electron chi connectivity index (χ1n) is 10.4. The van der Waals surface area contributed by atoms with Crippen LogP contribution >= 0.6 is 0 Å². The molecule has 0 bridgehead atoms. The molecule has 6 nitrogen and oxygen atoms in total. The Kier molecular flexibility index (Phi) is 7.70. The zero-order chi connectivity index (χ0) is 22.2. The molecule has 1 saturated heterocycles. The first kappa shape index (κ1) is 22.4. The van der Waals surface area contributed by atoms with Gasteiger partial charge in [0.2, 0.25) is 5.91 Å². The van der Waals surface area contributed by atoms with Crippen LogP contribution in [0.5, 0.6) is 0 Å². The number of nitrogens with one attached hydrogen (secondary N) is 2. The van der Waals surface area contributed by atoms with Gasteiger partial charge in [0.25, 0.3) is 11.8 Å². The van der Waals surface area contributed by atoms with Gasteiger partial charge in [-0.2, -0.15) is 0 Å². The quantitative estimate of drug-likeness (QED) is 0.658. The van der Waals surface area contributed by atoms with E-state index in [1.54, 1.807) is 24.3 Å². The molecule has 3 amide bonds. The molecule has 1 aliphatic rings. The molecule has 0 spiro atoms. The number of carbonyl (C=O) groups excluding carboxylic acids is 3. The van der Waals surface area contributed by atoms with Crippen molar-refractivity contribution in [3.8, 4) is 0 Å². The van der Waals surface area contributed by atoms with Crippen LogP contribution in [-0.2, 0) is 4.79 Å². The number of carbonyl (C=O) groups is 3. The molecule has 0 unspecified atom stereocenters. The fourth-order valence-electron chi connectivity index (χ4n) is 3.45. The van der Waals surface area contributed by atoms with Crippen molar-refractivity contribution < 1.29 is 23.2 Å². The monoisotopic (exact) mass is 429 g/mol. The van der Waals surface area contributed by atoms with Gasteiger partial charge in [-0.3, -0.25) is 14.4 Å². The van der Waals surface area contributed by atoms with Crippen LogP contribution in [-0.4, -0.2) is 42.3 Å². The van der Waals surface area contributed by atoms with Crippen LogP contribution in [0.15, 0.2) is 42.5 Å². The number of likely N-dealkylation sites (tertiary alicyclic amines) is 1. The van der Waals surface area contributed by atoms with Crippen molar-refractivity contribution in [3.63, 3.8) is 0 Å². The normalized spacial score (nSPS) is 13.5. The maximum Gasteiger partial charge on any atom is 0.254 e. The van der Waals surface area contributed by atoms with Gasteiger partial charge in [0.15, 0.2) is 0 Å². The molecule has 1 aliphatic heterocycles. The SMILES string of the molecule is O=C(CCCNC(=O)c1ccc(F)cc1F)Nc1cccc(C(=O)N2CCCCC2)c1. The van der Waals surface area contributed by atoms with Crippen LogP contribution < -0.4 is 10.6 Å². The van der Waals surface area contributed by atoms with Gasteiger partial charge in [0, 0.05) is 43.4 Å². The minimum atomic E-state index is -0.936. The van der Waals surface area contributed by atoms with Gasteiger partial charge >= 0.3 is 0 Å². The first-order valence-corrected chi connectivity index (χ1v) is 10.4. The Morgan fingerprint density at radius 3 is 2.48 bits per heavy atom. The van der Waals surface area contributed by atoms with Crippen LogP contribution in [0.1, 0.15) is 52.8 Å². The predicted octanol–water partition coefficient (Wildman–Crippen LogP) is 3.74. The highest BCUT2D eigenvalue weighted by Gasteiger charge is 2.18. The van der Waals surface area contributed by atoms with Crippen molar-refractivity contribution in [1.82, 2.24) is 10.2 Å². The zero-order valence-electron chi connectivity index (χ0n) is 17.1. The minimum Gasteiger partial charge on any atom is -0.352 e. The number of halogens is 2. The van der Waals surface area contributed by atoms with Crippen molar-refractivity contribution in [2.24, 2.45) is 0 Å². The molecule has 0 aromatic heterocycles. The molecule has 2 N–H and O–H groups in total. The van der Waals surface area contributed by atoms with Crippen LogP contribution in [0.4, 0.5) is 14.5 Å². The summed E-state index contributed by atoms with van der Waals surface area (Å²) in [4.78, 5) is 38.5. The van der Waals surface area contributed by atoms with Crippen molar-refractivity contribution >= 4 is 23.4 Å². The van der Waals surface area contributed by atoms with Crippen molar-refractivity contribution in [2.45, 2.75) is 32.1 Å². The average molecular weight is 429 g/mol. The number of piperidine rings is 1. The molecule has 31 heavy (non-hydrogen) atoms. The third-order valence-electron chi connectivity index (χ3n) is 5.08. The molecule has 2 aromatic rings. The summed E-state index contributed by atoms with van der Waals surface area (Å²) < 4.78 is 26.5. The van der Waals surface area contributed by atoms with Crippen molar-refractivity contribution in [3.05, 3.63) is 65.2 Å². The van der Waals surface area contributed by atoms with Crippen LogP contribution in [0.25, 0.3) is 0 Å². The van der Waals surface area contributed by atoms with E-state index in [0.29, 0.717) is 23.7 Å². The lowest BCUT2D eigenvalue weighted by Crippen LogP contribution is -2.35. The number of nitrogens with zero attached hydrogens (tertiary/aromatic N) is 1. The van der Waals surface area contributed by atoms with E-state index in [1.165, 1.54) is 0 Å². The Hall–Kier alpha value is -3.29. The summed E-state index contributed by atoms with van der Waals surface area (Å²) >= 11 is 0. The summed E-state index contributed by atoms with van der Waals surface area (Å²) in [6, 6.07) is 9.56. The van der Waals surface area contributed by atoms with Gasteiger partial charge in [-0.15, -0.1) is 0 Å². The number of anilines is 1. The minimum absolute atomic E-state index is 0.0356. The maximum atomic E-state index is 13.6. The molecule has 2 aromatic carbocycles. The first-order chi connectivity index (χ1) is 14.9. The van der Waals surface area contributed by atoms with Gasteiger partial charge in [-0.25, -0.2) is 8.78 Å². The summed E-state index contributed by atoms with van der Waals surface area (Å²) in [7, 11) is 0. The largest absolute Gasteiger partial charge is 0.352 e. The molecule has 0 aliphatic carbocycles. The number of hydrogen-bond donors (Lipinski definition) is 2. The fraction of sp³-hybridized carbons (Fsp3) is 0.348. The fourth-order valence-corrected chi connectivity index (χ4v) is 3.45. The highest BCUT2D eigenvalue weighted by atomic mass is 19.1. The Bertz CT molecular complexity index is 959. The van der Waals surface area contributed by atoms with E-state index in [1.807, 2.05) is 4.90 Å². The maximum absolute atomic E-state index is 13.6. The van der Waals surface area contributed by atoms with E-state index in [2.05, 4.69) is 10.6 Å². The van der Waals surface area contributed by atoms with E-state index >= 15 is 0 Å². The third kappa shape index (κ3) is 6.34. The molecule has 0 radical (unpaired) electrons. The standard InChI is InChI=1S/C23H25F2N3O3/c24-17-9-10-19(20(25)15-17)22(30)26-11-5-8-21(29)27-18-7-4-6-16(14-18)23(31)28-12-2-1-3-13-28/h4,6-7,9-10,14-15H,1-3,5,8,11-13H2,(H,26,30)(H,27,29). The van der Waals surface area contributed by atoms with Crippen molar-refractivity contribution in [1.29, 1.82) is 0 Å². The summed E-state index contributed by atoms with van der Waals surface area (Å²) in [6.45, 7) is 1.67. The molecule has 3 rings (SSSR count). The van der Waals surface area contributed by atoms with Gasteiger partial charge in [-0.1, -0.05) is 6.07 Å². The average Bonchev–Trinajstić information content (AvgIpc) is 2.77. The van der Waals surface area contributed by atoms with Crippen LogP contribution in [0.3, 0.4) is 0 Å². The number of amides is 3. The lowest BCUT2D eigenvalue weighted by atomic mass is 10.1. The molecule has 164 valence electrons. The second-order valence-corrected chi connectivity index (χ2v) is 7.47. The van der Waals surface area contributed by atoms with Gasteiger partial charge in [-0.05, 0) is 56.0 Å². The van der Waals surface area contributed by atoms with Gasteiger partial charge in [0.1, 0.15) is 11.6 Å². The summed E-state index contributed by atoms with van der Waals surface area (Å²) in [5.41, 5.74) is 0.819. The van der Waals surface area contributed by atoms with E-state index in [9.17, 15) is 23.2 Å². The van der Waals surface area contributed by atoms with E-state index in [0.717, 1.165) is 44.5 Å². The Morgan fingerprint density at radius 2 is 1.74 bits per heavy atom. The lowest BCUT2D eigenvalue weighted by Gasteiger charge is -2.26. The second-order valence-electron chi connectivity index (χ2n) is 7.47. The Morgan fingerprint density at radius 1 is 0.968 bits per heavy atom. The summed E-state index contributed by atoms with van der Waals surface area (Å²) in [5, 5.41) is 5.26. The molecule has 8 heteroatoms.